The summed E-state index contributed by atoms with van der Waals surface area (Å²) in [5.74, 6) is -3.13. The summed E-state index contributed by atoms with van der Waals surface area (Å²) < 4.78 is 5.24. The molecule has 0 aliphatic heterocycles. The first-order valence-electron chi connectivity index (χ1n) is 9.08. The molecule has 0 radical (unpaired) electrons. The van der Waals surface area contributed by atoms with Gasteiger partial charge in [-0.05, 0) is 36.2 Å². The number of carbonyl (C=O) groups excluding carboxylic acids is 2. The van der Waals surface area contributed by atoms with E-state index in [0.717, 1.165) is 5.56 Å². The van der Waals surface area contributed by atoms with Crippen molar-refractivity contribution in [3.63, 3.8) is 0 Å². The zero-order chi connectivity index (χ0) is 22.1. The standard InChI is InChI=1S/C21H22N2O7/c1-23(21(29)30-13-14-5-3-2-4-6-14)16-9-7-15(8-10-16)19(26)22-17(20(27)28)11-12-18(24)25/h2-10,17H,11-13H2,1H3,(H,22,26)(H,24,25)(H,27,28)/t17-/m0/s1. The zero-order valence-electron chi connectivity index (χ0n) is 16.3. The smallest absolute Gasteiger partial charge is 0.414 e. The molecule has 3 N–H and O–H groups in total. The SMILES string of the molecule is CN(C(=O)OCc1ccccc1)c1ccc(C(=O)N[C@@H](CCC(=O)O)C(=O)O)cc1. The fraction of sp³-hybridized carbons (Fsp3) is 0.238. The molecule has 2 aromatic rings. The highest BCUT2D eigenvalue weighted by Gasteiger charge is 2.22. The van der Waals surface area contributed by atoms with Crippen molar-refractivity contribution in [1.82, 2.24) is 5.32 Å². The summed E-state index contributed by atoms with van der Waals surface area (Å²) in [6.45, 7) is 0.122. The van der Waals surface area contributed by atoms with Crippen LogP contribution in [0.15, 0.2) is 54.6 Å². The molecule has 0 saturated carbocycles. The van der Waals surface area contributed by atoms with Crippen molar-refractivity contribution in [1.29, 1.82) is 0 Å². The first kappa shape index (κ1) is 22.4. The molecular formula is C21H22N2O7. The van der Waals surface area contributed by atoms with E-state index in [4.69, 9.17) is 14.9 Å². The Morgan fingerprint density at radius 1 is 1.00 bits per heavy atom. The summed E-state index contributed by atoms with van der Waals surface area (Å²) in [7, 11) is 1.52. The average Bonchev–Trinajstić information content (AvgIpc) is 2.74. The maximum absolute atomic E-state index is 12.3. The van der Waals surface area contributed by atoms with Gasteiger partial charge in [0.2, 0.25) is 0 Å². The summed E-state index contributed by atoms with van der Waals surface area (Å²) in [5, 5.41) is 20.1. The van der Waals surface area contributed by atoms with Crippen molar-refractivity contribution >= 4 is 29.6 Å². The number of aliphatic carboxylic acids is 2. The van der Waals surface area contributed by atoms with Gasteiger partial charge < -0.3 is 20.3 Å². The highest BCUT2D eigenvalue weighted by atomic mass is 16.6. The van der Waals surface area contributed by atoms with Gasteiger partial charge in [-0.2, -0.15) is 0 Å². The van der Waals surface area contributed by atoms with Crippen LogP contribution in [0.2, 0.25) is 0 Å². The first-order chi connectivity index (χ1) is 14.3. The number of benzene rings is 2. The molecule has 0 spiro atoms. The first-order valence-corrected chi connectivity index (χ1v) is 9.08. The normalized spacial score (nSPS) is 11.2. The highest BCUT2D eigenvalue weighted by molar-refractivity contribution is 5.97. The van der Waals surface area contributed by atoms with Crippen LogP contribution >= 0.6 is 0 Å². The second-order valence-corrected chi connectivity index (χ2v) is 6.44. The van der Waals surface area contributed by atoms with Crippen LogP contribution in [0.3, 0.4) is 0 Å². The van der Waals surface area contributed by atoms with Crippen LogP contribution in [0.4, 0.5) is 10.5 Å². The van der Waals surface area contributed by atoms with E-state index in [0.29, 0.717) is 5.69 Å². The molecule has 9 heteroatoms. The molecule has 0 aliphatic carbocycles. The van der Waals surface area contributed by atoms with Gasteiger partial charge in [-0.1, -0.05) is 30.3 Å². The van der Waals surface area contributed by atoms with E-state index in [1.54, 1.807) is 0 Å². The van der Waals surface area contributed by atoms with Crippen molar-refractivity contribution in [2.75, 3.05) is 11.9 Å². The quantitative estimate of drug-likeness (QED) is 0.574. The number of nitrogens with zero attached hydrogens (tertiary/aromatic N) is 1. The van der Waals surface area contributed by atoms with E-state index < -0.39 is 30.0 Å². The Kier molecular flexibility index (Phi) is 7.92. The van der Waals surface area contributed by atoms with Gasteiger partial charge >= 0.3 is 18.0 Å². The van der Waals surface area contributed by atoms with Crippen molar-refractivity contribution in [2.24, 2.45) is 0 Å². The summed E-state index contributed by atoms with van der Waals surface area (Å²) in [6, 6.07) is 13.8. The monoisotopic (exact) mass is 414 g/mol. The minimum atomic E-state index is -1.32. The molecule has 30 heavy (non-hydrogen) atoms. The van der Waals surface area contributed by atoms with Gasteiger partial charge in [-0.15, -0.1) is 0 Å². The third-order valence-electron chi connectivity index (χ3n) is 4.25. The van der Waals surface area contributed by atoms with Crippen LogP contribution in [-0.2, 0) is 20.9 Å². The number of carboxylic acid groups (broad SMARTS) is 2. The molecule has 0 heterocycles. The number of anilines is 1. The van der Waals surface area contributed by atoms with Crippen LogP contribution in [0.1, 0.15) is 28.8 Å². The van der Waals surface area contributed by atoms with Crippen LogP contribution in [0.25, 0.3) is 0 Å². The van der Waals surface area contributed by atoms with Crippen molar-refractivity contribution in [3.05, 3.63) is 65.7 Å². The lowest BCUT2D eigenvalue weighted by Crippen LogP contribution is -2.41. The largest absolute Gasteiger partial charge is 0.481 e. The third kappa shape index (κ3) is 6.62. The topological polar surface area (TPSA) is 133 Å². The fourth-order valence-electron chi connectivity index (χ4n) is 2.52. The molecule has 0 fully saturated rings. The second kappa shape index (κ2) is 10.6. The van der Waals surface area contributed by atoms with E-state index in [-0.39, 0.29) is 25.0 Å². The summed E-state index contributed by atoms with van der Waals surface area (Å²) in [4.78, 5) is 47.5. The molecular weight excluding hydrogens is 392 g/mol. The predicted molar refractivity (Wildman–Crippen MR) is 107 cm³/mol. The number of hydrogen-bond acceptors (Lipinski definition) is 5. The highest BCUT2D eigenvalue weighted by Crippen LogP contribution is 2.16. The number of amides is 2. The molecule has 0 saturated heterocycles. The Labute approximate surface area is 172 Å². The van der Waals surface area contributed by atoms with Gasteiger partial charge in [0.05, 0.1) is 0 Å². The Balaban J connectivity index is 1.95. The van der Waals surface area contributed by atoms with E-state index in [9.17, 15) is 19.2 Å². The van der Waals surface area contributed by atoms with Crippen molar-refractivity contribution in [2.45, 2.75) is 25.5 Å². The minimum Gasteiger partial charge on any atom is -0.481 e. The second-order valence-electron chi connectivity index (χ2n) is 6.44. The van der Waals surface area contributed by atoms with Crippen molar-refractivity contribution in [3.8, 4) is 0 Å². The van der Waals surface area contributed by atoms with Gasteiger partial charge in [0.25, 0.3) is 5.91 Å². The van der Waals surface area contributed by atoms with E-state index in [1.807, 2.05) is 30.3 Å². The average molecular weight is 414 g/mol. The molecule has 158 valence electrons. The third-order valence-corrected chi connectivity index (χ3v) is 4.25. The lowest BCUT2D eigenvalue weighted by molar-refractivity contribution is -0.140. The molecule has 1 atom stereocenters. The molecule has 0 bridgehead atoms. The van der Waals surface area contributed by atoms with Crippen LogP contribution in [0, 0.1) is 0 Å². The Morgan fingerprint density at radius 2 is 1.63 bits per heavy atom. The Hall–Kier alpha value is -3.88. The molecule has 0 aromatic heterocycles. The fourth-order valence-corrected chi connectivity index (χ4v) is 2.52. The number of carboxylic acids is 2. The predicted octanol–water partition coefficient (Wildman–Crippen LogP) is 2.51. The molecule has 0 unspecified atom stereocenters. The van der Waals surface area contributed by atoms with Crippen LogP contribution < -0.4 is 10.2 Å². The van der Waals surface area contributed by atoms with Gasteiger partial charge in [0.15, 0.2) is 0 Å². The summed E-state index contributed by atoms with van der Waals surface area (Å²) in [5.41, 5.74) is 1.50. The molecule has 2 rings (SSSR count). The van der Waals surface area contributed by atoms with Crippen LogP contribution in [-0.4, -0.2) is 47.2 Å². The number of nitrogens with one attached hydrogen (secondary N) is 1. The van der Waals surface area contributed by atoms with E-state index >= 15 is 0 Å². The van der Waals surface area contributed by atoms with Gasteiger partial charge in [0.1, 0.15) is 12.6 Å². The minimum absolute atomic E-state index is 0.122. The Morgan fingerprint density at radius 3 is 2.20 bits per heavy atom. The van der Waals surface area contributed by atoms with Crippen LogP contribution in [0.5, 0.6) is 0 Å². The van der Waals surface area contributed by atoms with E-state index in [1.165, 1.54) is 36.2 Å². The van der Waals surface area contributed by atoms with Crippen molar-refractivity contribution < 1.29 is 34.1 Å². The van der Waals surface area contributed by atoms with E-state index in [2.05, 4.69) is 5.32 Å². The zero-order valence-corrected chi connectivity index (χ0v) is 16.3. The maximum Gasteiger partial charge on any atom is 0.414 e. The molecule has 9 nitrogen and oxygen atoms in total. The molecule has 2 aromatic carbocycles. The lowest BCUT2D eigenvalue weighted by Gasteiger charge is -2.18. The number of ether oxygens (including phenoxy) is 1. The van der Waals surface area contributed by atoms with Gasteiger partial charge in [-0.25, -0.2) is 9.59 Å². The van der Waals surface area contributed by atoms with Gasteiger partial charge in [-0.3, -0.25) is 14.5 Å². The number of hydrogen-bond donors (Lipinski definition) is 3. The molecule has 2 amide bonds. The summed E-state index contributed by atoms with van der Waals surface area (Å²) >= 11 is 0. The molecule has 0 aliphatic rings. The lowest BCUT2D eigenvalue weighted by atomic mass is 10.1. The van der Waals surface area contributed by atoms with Gasteiger partial charge in [0, 0.05) is 24.7 Å². The summed E-state index contributed by atoms with van der Waals surface area (Å²) in [6.07, 6.45) is -1.19. The number of rotatable bonds is 9. The number of carbonyl (C=O) groups is 4. The Bertz CT molecular complexity index is 897. The maximum atomic E-state index is 12.3.